The molecule has 0 aliphatic heterocycles. The molecule has 0 saturated carbocycles. The van der Waals surface area contributed by atoms with Gasteiger partial charge in [-0.1, -0.05) is 36.4 Å². The fourth-order valence-electron chi connectivity index (χ4n) is 2.55. The van der Waals surface area contributed by atoms with E-state index in [1.54, 1.807) is 12.1 Å². The van der Waals surface area contributed by atoms with Gasteiger partial charge in [0.2, 0.25) is 0 Å². The molecule has 1 heterocycles. The van der Waals surface area contributed by atoms with Crippen LogP contribution in [0.1, 0.15) is 0 Å². The molecule has 0 N–H and O–H groups in total. The summed E-state index contributed by atoms with van der Waals surface area (Å²) in [6.07, 6.45) is 0. The Bertz CT molecular complexity index is 1020. The van der Waals surface area contributed by atoms with Gasteiger partial charge in [0.1, 0.15) is 17.1 Å². The van der Waals surface area contributed by atoms with Gasteiger partial charge in [0.15, 0.2) is 0 Å². The summed E-state index contributed by atoms with van der Waals surface area (Å²) in [5.74, 6) is 1.38. The van der Waals surface area contributed by atoms with E-state index < -0.39 is 0 Å². The van der Waals surface area contributed by atoms with Crippen molar-refractivity contribution >= 4 is 21.7 Å². The summed E-state index contributed by atoms with van der Waals surface area (Å²) in [5, 5.41) is 2.38. The smallest absolute Gasteiger partial charge is 0.344 e. The lowest BCUT2D eigenvalue weighted by atomic mass is 10.1. The van der Waals surface area contributed by atoms with Gasteiger partial charge in [0.25, 0.3) is 0 Å². The molecular formula is C19H12O3. The topological polar surface area (TPSA) is 39.4 Å². The lowest BCUT2D eigenvalue weighted by molar-refractivity contribution is 0.480. The summed E-state index contributed by atoms with van der Waals surface area (Å²) in [6, 6.07) is 22.5. The van der Waals surface area contributed by atoms with Crippen molar-refractivity contribution < 1.29 is 9.15 Å². The normalized spacial score (nSPS) is 10.9. The van der Waals surface area contributed by atoms with Crippen molar-refractivity contribution in [2.75, 3.05) is 0 Å². The van der Waals surface area contributed by atoms with Crippen LogP contribution in [-0.4, -0.2) is 0 Å². The van der Waals surface area contributed by atoms with Crippen molar-refractivity contribution in [2.24, 2.45) is 0 Å². The highest BCUT2D eigenvalue weighted by molar-refractivity contribution is 6.04. The molecule has 106 valence electrons. The molecule has 0 fully saturated rings. The van der Waals surface area contributed by atoms with E-state index in [0.717, 1.165) is 16.5 Å². The van der Waals surface area contributed by atoms with Crippen LogP contribution in [0.3, 0.4) is 0 Å². The van der Waals surface area contributed by atoms with Crippen LogP contribution in [-0.2, 0) is 0 Å². The van der Waals surface area contributed by atoms with Crippen LogP contribution in [0.4, 0.5) is 0 Å². The van der Waals surface area contributed by atoms with Gasteiger partial charge in [-0.05, 0) is 35.7 Å². The van der Waals surface area contributed by atoms with Crippen molar-refractivity contribution in [1.82, 2.24) is 0 Å². The zero-order valence-corrected chi connectivity index (χ0v) is 11.7. The molecule has 3 nitrogen and oxygen atoms in total. The predicted octanol–water partition coefficient (Wildman–Crippen LogP) is 4.74. The van der Waals surface area contributed by atoms with E-state index in [1.807, 2.05) is 60.7 Å². The maximum absolute atomic E-state index is 12.1. The molecule has 0 unspecified atom stereocenters. The molecule has 0 spiro atoms. The van der Waals surface area contributed by atoms with Gasteiger partial charge in [-0.25, -0.2) is 4.79 Å². The first kappa shape index (κ1) is 12.7. The second-order valence-electron chi connectivity index (χ2n) is 5.01. The molecule has 3 heteroatoms. The minimum Gasteiger partial charge on any atom is -0.457 e. The average Bonchev–Trinajstić information content (AvgIpc) is 2.56. The van der Waals surface area contributed by atoms with Gasteiger partial charge in [0, 0.05) is 11.5 Å². The molecule has 0 amide bonds. The molecule has 0 aliphatic carbocycles. The largest absolute Gasteiger partial charge is 0.457 e. The van der Waals surface area contributed by atoms with Crippen molar-refractivity contribution in [3.8, 4) is 11.5 Å². The van der Waals surface area contributed by atoms with Crippen LogP contribution in [0.2, 0.25) is 0 Å². The van der Waals surface area contributed by atoms with Crippen LogP contribution < -0.4 is 10.4 Å². The highest BCUT2D eigenvalue weighted by Gasteiger charge is 2.08. The highest BCUT2D eigenvalue weighted by atomic mass is 16.5. The van der Waals surface area contributed by atoms with Crippen LogP contribution in [0.25, 0.3) is 21.7 Å². The lowest BCUT2D eigenvalue weighted by Crippen LogP contribution is -1.99. The van der Waals surface area contributed by atoms with Crippen molar-refractivity contribution in [2.45, 2.75) is 0 Å². The molecule has 4 rings (SSSR count). The molecule has 0 aliphatic rings. The van der Waals surface area contributed by atoms with Gasteiger partial charge in [-0.3, -0.25) is 0 Å². The summed E-state index contributed by atoms with van der Waals surface area (Å²) in [6.45, 7) is 0. The molecule has 0 atom stereocenters. The van der Waals surface area contributed by atoms with Crippen LogP contribution in [0.5, 0.6) is 11.5 Å². The van der Waals surface area contributed by atoms with Crippen LogP contribution >= 0.6 is 0 Å². The van der Waals surface area contributed by atoms with Gasteiger partial charge in [-0.15, -0.1) is 0 Å². The van der Waals surface area contributed by atoms with E-state index in [-0.39, 0.29) is 5.63 Å². The van der Waals surface area contributed by atoms with E-state index >= 15 is 0 Å². The maximum Gasteiger partial charge on any atom is 0.344 e. The number of hydrogen-bond donors (Lipinski definition) is 0. The Morgan fingerprint density at radius 1 is 0.682 bits per heavy atom. The lowest BCUT2D eigenvalue weighted by Gasteiger charge is -2.07. The van der Waals surface area contributed by atoms with E-state index in [0.29, 0.717) is 16.7 Å². The van der Waals surface area contributed by atoms with Crippen molar-refractivity contribution in [1.29, 1.82) is 0 Å². The quantitative estimate of drug-likeness (QED) is 0.395. The fraction of sp³-hybridized carbons (Fsp3) is 0. The Morgan fingerprint density at radius 3 is 2.23 bits per heavy atom. The first-order valence-electron chi connectivity index (χ1n) is 7.00. The van der Waals surface area contributed by atoms with Gasteiger partial charge < -0.3 is 9.15 Å². The minimum atomic E-state index is -0.333. The van der Waals surface area contributed by atoms with Crippen molar-refractivity contribution in [3.05, 3.63) is 83.2 Å². The Hall–Kier alpha value is -3.07. The summed E-state index contributed by atoms with van der Waals surface area (Å²) in [5.41, 5.74) is 0.192. The standard InChI is InChI=1S/C19H12O3/c20-19-17-9-5-4-8-15(17)16-11-10-14(12-18(16)22-19)21-13-6-2-1-3-7-13/h1-12H. The third-order valence-electron chi connectivity index (χ3n) is 3.57. The zero-order valence-electron chi connectivity index (χ0n) is 11.7. The first-order chi connectivity index (χ1) is 10.8. The zero-order chi connectivity index (χ0) is 14.9. The van der Waals surface area contributed by atoms with Gasteiger partial charge in [0.05, 0.1) is 5.39 Å². The molecule has 4 aromatic rings. The number of para-hydroxylation sites is 1. The predicted molar refractivity (Wildman–Crippen MR) is 86.5 cm³/mol. The summed E-state index contributed by atoms with van der Waals surface area (Å²) in [4.78, 5) is 12.1. The van der Waals surface area contributed by atoms with E-state index in [4.69, 9.17) is 9.15 Å². The molecule has 22 heavy (non-hydrogen) atoms. The molecule has 3 aromatic carbocycles. The van der Waals surface area contributed by atoms with Gasteiger partial charge >= 0.3 is 5.63 Å². The third kappa shape index (κ3) is 2.13. The SMILES string of the molecule is O=c1oc2cc(Oc3ccccc3)ccc2c2ccccc12. The summed E-state index contributed by atoms with van der Waals surface area (Å²) in [7, 11) is 0. The third-order valence-corrected chi connectivity index (χ3v) is 3.57. The Labute approximate surface area is 126 Å². The molecule has 0 radical (unpaired) electrons. The fourth-order valence-corrected chi connectivity index (χ4v) is 2.55. The molecule has 0 saturated heterocycles. The van der Waals surface area contributed by atoms with E-state index in [9.17, 15) is 4.79 Å². The molecule has 0 bridgehead atoms. The number of ether oxygens (including phenoxy) is 1. The highest BCUT2D eigenvalue weighted by Crippen LogP contribution is 2.28. The van der Waals surface area contributed by atoms with Gasteiger partial charge in [-0.2, -0.15) is 0 Å². The number of fused-ring (bicyclic) bond motifs is 3. The maximum atomic E-state index is 12.1. The Balaban J connectivity index is 1.88. The summed E-state index contributed by atoms with van der Waals surface area (Å²) < 4.78 is 11.2. The second-order valence-corrected chi connectivity index (χ2v) is 5.01. The molecular weight excluding hydrogens is 276 g/mol. The number of hydrogen-bond acceptors (Lipinski definition) is 3. The number of rotatable bonds is 2. The first-order valence-corrected chi connectivity index (χ1v) is 7.00. The monoisotopic (exact) mass is 288 g/mol. The minimum absolute atomic E-state index is 0.333. The molecule has 1 aromatic heterocycles. The van der Waals surface area contributed by atoms with Crippen LogP contribution in [0, 0.1) is 0 Å². The Kier molecular flexibility index (Phi) is 2.90. The average molecular weight is 288 g/mol. The van der Waals surface area contributed by atoms with Crippen molar-refractivity contribution in [3.63, 3.8) is 0 Å². The number of benzene rings is 3. The summed E-state index contributed by atoms with van der Waals surface area (Å²) >= 11 is 0. The second kappa shape index (κ2) is 5.04. The van der Waals surface area contributed by atoms with E-state index in [1.165, 1.54) is 0 Å². The van der Waals surface area contributed by atoms with E-state index in [2.05, 4.69) is 0 Å². The Morgan fingerprint density at radius 2 is 1.41 bits per heavy atom. The van der Waals surface area contributed by atoms with Crippen LogP contribution in [0.15, 0.2) is 82.0 Å².